The number of halogens is 1. The molecule has 0 aliphatic carbocycles. The molecule has 0 heterocycles. The second-order valence-corrected chi connectivity index (χ2v) is 4.99. The Kier molecular flexibility index (Phi) is 8.05. The van der Waals surface area contributed by atoms with Crippen LogP contribution < -0.4 is 10.6 Å². The van der Waals surface area contributed by atoms with Gasteiger partial charge in [0, 0.05) is 36.7 Å². The van der Waals surface area contributed by atoms with Crippen molar-refractivity contribution in [3.63, 3.8) is 0 Å². The fourth-order valence-corrected chi connectivity index (χ4v) is 1.78. The predicted octanol–water partition coefficient (Wildman–Crippen LogP) is 3.01. The molecule has 0 saturated heterocycles. The van der Waals surface area contributed by atoms with Crippen molar-refractivity contribution >= 4 is 23.2 Å². The Bertz CT molecular complexity index is 579. The fourth-order valence-electron chi connectivity index (χ4n) is 1.60. The van der Waals surface area contributed by atoms with E-state index >= 15 is 0 Å². The number of anilines is 1. The van der Waals surface area contributed by atoms with Gasteiger partial charge in [0.15, 0.2) is 0 Å². The Balaban J connectivity index is 2.53. The average Bonchev–Trinajstić information content (AvgIpc) is 2.51. The van der Waals surface area contributed by atoms with E-state index in [1.54, 1.807) is 6.07 Å². The van der Waals surface area contributed by atoms with Crippen molar-refractivity contribution in [2.75, 3.05) is 25.1 Å². The van der Waals surface area contributed by atoms with Crippen LogP contribution in [-0.4, -0.2) is 25.7 Å². The summed E-state index contributed by atoms with van der Waals surface area (Å²) in [6.45, 7) is 5.52. The number of hydrogen-bond donors (Lipinski definition) is 2. The highest BCUT2D eigenvalue weighted by Crippen LogP contribution is 2.20. The van der Waals surface area contributed by atoms with Gasteiger partial charge in [-0.2, -0.15) is 5.26 Å². The molecular formula is C16H20ClN3O2. The summed E-state index contributed by atoms with van der Waals surface area (Å²) in [6, 6.07) is 7.30. The number of nitrogens with one attached hydrogen (secondary N) is 2. The minimum absolute atomic E-state index is 0.00751. The molecule has 1 rings (SSSR count). The van der Waals surface area contributed by atoms with Gasteiger partial charge in [0.25, 0.3) is 5.91 Å². The van der Waals surface area contributed by atoms with Gasteiger partial charge in [-0.15, -0.1) is 0 Å². The lowest BCUT2D eigenvalue weighted by Gasteiger charge is -2.06. The molecule has 0 radical (unpaired) electrons. The van der Waals surface area contributed by atoms with E-state index in [1.807, 2.05) is 32.0 Å². The van der Waals surface area contributed by atoms with Crippen molar-refractivity contribution in [1.82, 2.24) is 5.32 Å². The van der Waals surface area contributed by atoms with Gasteiger partial charge in [-0.1, -0.05) is 17.7 Å². The molecule has 0 spiro atoms. The first-order valence-corrected chi connectivity index (χ1v) is 7.45. The van der Waals surface area contributed by atoms with E-state index in [1.165, 1.54) is 6.20 Å². The zero-order valence-electron chi connectivity index (χ0n) is 12.8. The third kappa shape index (κ3) is 6.17. The molecule has 6 heteroatoms. The van der Waals surface area contributed by atoms with Gasteiger partial charge in [-0.3, -0.25) is 4.79 Å². The summed E-state index contributed by atoms with van der Waals surface area (Å²) >= 11 is 6.02. The molecule has 0 aliphatic rings. The lowest BCUT2D eigenvalue weighted by atomic mass is 10.2. The Hall–Kier alpha value is -2.03. The molecule has 0 saturated carbocycles. The molecule has 5 nitrogen and oxygen atoms in total. The number of nitrogens with zero attached hydrogens (tertiary/aromatic N) is 1. The Morgan fingerprint density at radius 1 is 1.50 bits per heavy atom. The molecular weight excluding hydrogens is 302 g/mol. The summed E-state index contributed by atoms with van der Waals surface area (Å²) in [5, 5.41) is 15.2. The van der Waals surface area contributed by atoms with E-state index in [9.17, 15) is 4.79 Å². The average molecular weight is 322 g/mol. The number of benzene rings is 1. The maximum atomic E-state index is 11.8. The molecule has 0 bridgehead atoms. The standard InChI is InChI=1S/C16H20ClN3O2/c1-3-22-8-4-7-19-16(21)13(10-18)11-20-14-6-5-12(2)15(17)9-14/h5-6,9,11,20H,3-4,7-8H2,1-2H3,(H,19,21)/b13-11-. The zero-order valence-corrected chi connectivity index (χ0v) is 13.5. The molecule has 118 valence electrons. The van der Waals surface area contributed by atoms with Crippen LogP contribution in [0.5, 0.6) is 0 Å². The van der Waals surface area contributed by atoms with E-state index in [4.69, 9.17) is 21.6 Å². The van der Waals surface area contributed by atoms with Gasteiger partial charge in [0.1, 0.15) is 11.6 Å². The van der Waals surface area contributed by atoms with Gasteiger partial charge >= 0.3 is 0 Å². The minimum atomic E-state index is -0.412. The molecule has 2 N–H and O–H groups in total. The quantitative estimate of drug-likeness (QED) is 0.438. The second-order valence-electron chi connectivity index (χ2n) is 4.58. The summed E-state index contributed by atoms with van der Waals surface area (Å²) in [7, 11) is 0. The van der Waals surface area contributed by atoms with Crippen molar-refractivity contribution in [1.29, 1.82) is 5.26 Å². The minimum Gasteiger partial charge on any atom is -0.382 e. The van der Waals surface area contributed by atoms with E-state index in [0.29, 0.717) is 36.9 Å². The van der Waals surface area contributed by atoms with Gasteiger partial charge < -0.3 is 15.4 Å². The van der Waals surface area contributed by atoms with E-state index < -0.39 is 5.91 Å². The van der Waals surface area contributed by atoms with E-state index in [-0.39, 0.29) is 5.57 Å². The highest BCUT2D eigenvalue weighted by molar-refractivity contribution is 6.31. The smallest absolute Gasteiger partial charge is 0.263 e. The highest BCUT2D eigenvalue weighted by Gasteiger charge is 2.07. The van der Waals surface area contributed by atoms with Gasteiger partial charge in [-0.25, -0.2) is 0 Å². The Morgan fingerprint density at radius 2 is 2.27 bits per heavy atom. The monoisotopic (exact) mass is 321 g/mol. The van der Waals surface area contributed by atoms with Crippen LogP contribution in [0.15, 0.2) is 30.0 Å². The summed E-state index contributed by atoms with van der Waals surface area (Å²) < 4.78 is 5.17. The first-order valence-electron chi connectivity index (χ1n) is 7.07. The number of carbonyl (C=O) groups is 1. The molecule has 1 aromatic rings. The van der Waals surface area contributed by atoms with Crippen molar-refractivity contribution in [2.24, 2.45) is 0 Å². The summed E-state index contributed by atoms with van der Waals surface area (Å²) in [6.07, 6.45) is 2.08. The maximum absolute atomic E-state index is 11.8. The Morgan fingerprint density at radius 3 is 2.91 bits per heavy atom. The number of ether oxygens (including phenoxy) is 1. The third-order valence-corrected chi connectivity index (χ3v) is 3.28. The Labute approximate surface area is 135 Å². The number of hydrogen-bond acceptors (Lipinski definition) is 4. The third-order valence-electron chi connectivity index (χ3n) is 2.88. The van der Waals surface area contributed by atoms with E-state index in [2.05, 4.69) is 10.6 Å². The molecule has 0 unspecified atom stereocenters. The predicted molar refractivity (Wildman–Crippen MR) is 87.6 cm³/mol. The van der Waals surface area contributed by atoms with Crippen molar-refractivity contribution in [3.05, 3.63) is 40.6 Å². The number of amides is 1. The first-order chi connectivity index (χ1) is 10.6. The van der Waals surface area contributed by atoms with Gasteiger partial charge in [0.05, 0.1) is 0 Å². The molecule has 0 fully saturated rings. The van der Waals surface area contributed by atoms with Crippen LogP contribution in [0, 0.1) is 18.3 Å². The molecule has 1 aromatic carbocycles. The number of aryl methyl sites for hydroxylation is 1. The van der Waals surface area contributed by atoms with Crippen molar-refractivity contribution < 1.29 is 9.53 Å². The molecule has 22 heavy (non-hydrogen) atoms. The number of carbonyl (C=O) groups excluding carboxylic acids is 1. The number of nitriles is 1. The van der Waals surface area contributed by atoms with E-state index in [0.717, 1.165) is 5.56 Å². The van der Waals surface area contributed by atoms with Crippen LogP contribution in [0.3, 0.4) is 0 Å². The van der Waals surface area contributed by atoms with Crippen LogP contribution in [0.25, 0.3) is 0 Å². The highest BCUT2D eigenvalue weighted by atomic mass is 35.5. The molecule has 0 aliphatic heterocycles. The fraction of sp³-hybridized carbons (Fsp3) is 0.375. The largest absolute Gasteiger partial charge is 0.382 e. The first kappa shape index (κ1) is 18.0. The van der Waals surface area contributed by atoms with Crippen LogP contribution in [0.2, 0.25) is 5.02 Å². The van der Waals surface area contributed by atoms with Crippen molar-refractivity contribution in [3.8, 4) is 6.07 Å². The lowest BCUT2D eigenvalue weighted by Crippen LogP contribution is -2.26. The second kappa shape index (κ2) is 9.82. The summed E-state index contributed by atoms with van der Waals surface area (Å²) in [5.41, 5.74) is 1.68. The molecule has 0 atom stereocenters. The summed E-state index contributed by atoms with van der Waals surface area (Å²) in [4.78, 5) is 11.8. The van der Waals surface area contributed by atoms with Crippen LogP contribution >= 0.6 is 11.6 Å². The van der Waals surface area contributed by atoms with Gasteiger partial charge in [-0.05, 0) is 38.0 Å². The zero-order chi connectivity index (χ0) is 16.4. The summed E-state index contributed by atoms with van der Waals surface area (Å²) in [5.74, 6) is -0.412. The number of rotatable bonds is 8. The molecule has 1 amide bonds. The topological polar surface area (TPSA) is 74.1 Å². The molecule has 0 aromatic heterocycles. The SMILES string of the molecule is CCOCCCNC(=O)/C(C#N)=C\Nc1ccc(C)c(Cl)c1. The van der Waals surface area contributed by atoms with Crippen LogP contribution in [-0.2, 0) is 9.53 Å². The lowest BCUT2D eigenvalue weighted by molar-refractivity contribution is -0.117. The normalized spacial score (nSPS) is 10.9. The van der Waals surface area contributed by atoms with Gasteiger partial charge in [0.2, 0.25) is 0 Å². The van der Waals surface area contributed by atoms with Crippen LogP contribution in [0.4, 0.5) is 5.69 Å². The maximum Gasteiger partial charge on any atom is 0.263 e. The van der Waals surface area contributed by atoms with Crippen molar-refractivity contribution in [2.45, 2.75) is 20.3 Å². The van der Waals surface area contributed by atoms with Crippen LogP contribution in [0.1, 0.15) is 18.9 Å².